The zero-order valence-electron chi connectivity index (χ0n) is 12.9. The summed E-state index contributed by atoms with van der Waals surface area (Å²) < 4.78 is 5.93. The molecule has 25 heavy (non-hydrogen) atoms. The summed E-state index contributed by atoms with van der Waals surface area (Å²) in [5, 5.41) is 2.69. The van der Waals surface area contributed by atoms with Crippen LogP contribution in [-0.4, -0.2) is 24.0 Å². The highest BCUT2D eigenvalue weighted by molar-refractivity contribution is 14.1. The first-order valence-electron chi connectivity index (χ1n) is 6.92. The van der Waals surface area contributed by atoms with Crippen LogP contribution in [0.2, 0.25) is 5.02 Å². The summed E-state index contributed by atoms with van der Waals surface area (Å²) in [5.41, 5.74) is 5.58. The Kier molecular flexibility index (Phi) is 6.97. The summed E-state index contributed by atoms with van der Waals surface area (Å²) in [4.78, 5) is 24.2. The SMILES string of the molecule is COc1ccc(C(=O)NNC(=S)NC(=O)c2ccccc2Cl)cc1I. The van der Waals surface area contributed by atoms with Crippen LogP contribution in [0.1, 0.15) is 20.7 Å². The Balaban J connectivity index is 1.91. The van der Waals surface area contributed by atoms with Gasteiger partial charge in [0.1, 0.15) is 5.75 Å². The molecule has 0 fully saturated rings. The van der Waals surface area contributed by atoms with Gasteiger partial charge in [-0.1, -0.05) is 23.7 Å². The molecule has 2 aromatic rings. The normalized spacial score (nSPS) is 9.88. The van der Waals surface area contributed by atoms with E-state index in [9.17, 15) is 9.59 Å². The molecule has 3 N–H and O–H groups in total. The van der Waals surface area contributed by atoms with Gasteiger partial charge >= 0.3 is 0 Å². The third-order valence-corrected chi connectivity index (χ3v) is 4.43. The number of hydrazine groups is 1. The van der Waals surface area contributed by atoms with E-state index in [1.165, 1.54) is 0 Å². The molecular weight excluding hydrogens is 477 g/mol. The quantitative estimate of drug-likeness (QED) is 0.351. The predicted molar refractivity (Wildman–Crippen MR) is 108 cm³/mol. The molecule has 0 bridgehead atoms. The van der Waals surface area contributed by atoms with Crippen molar-refractivity contribution in [2.45, 2.75) is 0 Å². The Hall–Kier alpha value is -1.91. The summed E-state index contributed by atoms with van der Waals surface area (Å²) >= 11 is 13.0. The van der Waals surface area contributed by atoms with E-state index in [1.54, 1.807) is 49.6 Å². The molecule has 0 aromatic heterocycles. The Morgan fingerprint density at radius 3 is 2.48 bits per heavy atom. The number of rotatable bonds is 3. The molecule has 6 nitrogen and oxygen atoms in total. The van der Waals surface area contributed by atoms with Crippen LogP contribution >= 0.6 is 46.4 Å². The van der Waals surface area contributed by atoms with Crippen molar-refractivity contribution in [2.75, 3.05) is 7.11 Å². The first-order chi connectivity index (χ1) is 11.9. The Bertz CT molecular complexity index is 832. The number of carbonyl (C=O) groups excluding carboxylic acids is 2. The minimum atomic E-state index is -0.476. The predicted octanol–water partition coefficient (Wildman–Crippen LogP) is 2.90. The van der Waals surface area contributed by atoms with Crippen molar-refractivity contribution in [1.82, 2.24) is 16.2 Å². The van der Waals surface area contributed by atoms with E-state index in [4.69, 9.17) is 28.6 Å². The molecule has 0 unspecified atom stereocenters. The second kappa shape index (κ2) is 8.97. The van der Waals surface area contributed by atoms with Gasteiger partial charge in [0.2, 0.25) is 0 Å². The number of carbonyl (C=O) groups is 2. The van der Waals surface area contributed by atoms with Crippen molar-refractivity contribution >= 4 is 63.3 Å². The molecule has 130 valence electrons. The topological polar surface area (TPSA) is 79.5 Å². The van der Waals surface area contributed by atoms with Gasteiger partial charge < -0.3 is 4.74 Å². The number of hydrogen-bond acceptors (Lipinski definition) is 4. The lowest BCUT2D eigenvalue weighted by atomic mass is 10.2. The fourth-order valence-electron chi connectivity index (χ4n) is 1.84. The molecule has 2 amide bonds. The van der Waals surface area contributed by atoms with Crippen molar-refractivity contribution in [3.05, 3.63) is 62.2 Å². The summed E-state index contributed by atoms with van der Waals surface area (Å²) in [7, 11) is 1.55. The van der Waals surface area contributed by atoms with Crippen LogP contribution in [0.25, 0.3) is 0 Å². The summed E-state index contributed by atoms with van der Waals surface area (Å²) in [6.07, 6.45) is 0. The minimum Gasteiger partial charge on any atom is -0.496 e. The second-order valence-corrected chi connectivity index (χ2v) is 6.67. The third kappa shape index (κ3) is 5.28. The van der Waals surface area contributed by atoms with Gasteiger partial charge in [0, 0.05) is 5.56 Å². The highest BCUT2D eigenvalue weighted by atomic mass is 127. The fourth-order valence-corrected chi connectivity index (χ4v) is 2.94. The van der Waals surface area contributed by atoms with E-state index < -0.39 is 11.8 Å². The molecule has 0 aliphatic rings. The van der Waals surface area contributed by atoms with E-state index in [0.29, 0.717) is 16.3 Å². The Labute approximate surface area is 168 Å². The van der Waals surface area contributed by atoms with Gasteiger partial charge in [-0.3, -0.25) is 25.8 Å². The van der Waals surface area contributed by atoms with Crippen LogP contribution in [0, 0.1) is 3.57 Å². The van der Waals surface area contributed by atoms with Crippen LogP contribution < -0.4 is 20.9 Å². The number of nitrogens with one attached hydrogen (secondary N) is 3. The van der Waals surface area contributed by atoms with Crippen molar-refractivity contribution in [1.29, 1.82) is 0 Å². The molecule has 0 radical (unpaired) electrons. The largest absolute Gasteiger partial charge is 0.496 e. The van der Waals surface area contributed by atoms with E-state index in [1.807, 2.05) is 0 Å². The standard InChI is InChI=1S/C16H13ClIN3O3S/c1-24-13-7-6-9(8-12(13)18)14(22)20-21-16(25)19-15(23)10-4-2-3-5-11(10)17/h2-8H,1H3,(H,20,22)(H2,19,21,23,25). The van der Waals surface area contributed by atoms with E-state index >= 15 is 0 Å². The third-order valence-electron chi connectivity index (χ3n) is 3.05. The lowest BCUT2D eigenvalue weighted by Gasteiger charge is -2.12. The monoisotopic (exact) mass is 489 g/mol. The minimum absolute atomic E-state index is 0.0542. The van der Waals surface area contributed by atoms with Crippen LogP contribution in [0.3, 0.4) is 0 Å². The zero-order valence-corrected chi connectivity index (χ0v) is 16.7. The molecule has 9 heteroatoms. The number of methoxy groups -OCH3 is 1. The number of thiocarbonyl (C=S) groups is 1. The molecular formula is C16H13ClIN3O3S. The maximum absolute atomic E-state index is 12.1. The number of amides is 2. The summed E-state index contributed by atoms with van der Waals surface area (Å²) in [5.74, 6) is -0.209. The lowest BCUT2D eigenvalue weighted by Crippen LogP contribution is -2.48. The van der Waals surface area contributed by atoms with Gasteiger partial charge in [0.15, 0.2) is 5.11 Å². The highest BCUT2D eigenvalue weighted by Crippen LogP contribution is 2.21. The molecule has 0 saturated carbocycles. The van der Waals surface area contributed by atoms with Crippen molar-refractivity contribution in [3.63, 3.8) is 0 Å². The number of benzene rings is 2. The summed E-state index contributed by atoms with van der Waals surface area (Å²) in [6, 6.07) is 11.5. The maximum atomic E-state index is 12.1. The van der Waals surface area contributed by atoms with Crippen LogP contribution in [0.5, 0.6) is 5.75 Å². The molecule has 2 aromatic carbocycles. The van der Waals surface area contributed by atoms with Crippen molar-refractivity contribution in [3.8, 4) is 5.75 Å². The van der Waals surface area contributed by atoms with Crippen molar-refractivity contribution < 1.29 is 14.3 Å². The average Bonchev–Trinajstić information content (AvgIpc) is 2.59. The van der Waals surface area contributed by atoms with E-state index in [0.717, 1.165) is 3.57 Å². The van der Waals surface area contributed by atoms with Crippen LogP contribution in [0.4, 0.5) is 0 Å². The number of hydrogen-bond donors (Lipinski definition) is 3. The maximum Gasteiger partial charge on any atom is 0.269 e. The van der Waals surface area contributed by atoms with Gasteiger partial charge in [-0.05, 0) is 65.1 Å². The average molecular weight is 490 g/mol. The Morgan fingerprint density at radius 2 is 1.84 bits per heavy atom. The highest BCUT2D eigenvalue weighted by Gasteiger charge is 2.12. The van der Waals surface area contributed by atoms with Gasteiger partial charge in [-0.15, -0.1) is 0 Å². The number of ether oxygens (including phenoxy) is 1. The first-order valence-corrected chi connectivity index (χ1v) is 8.78. The second-order valence-electron chi connectivity index (χ2n) is 4.69. The smallest absolute Gasteiger partial charge is 0.269 e. The zero-order chi connectivity index (χ0) is 18.4. The molecule has 0 aliphatic carbocycles. The molecule has 0 atom stereocenters. The fraction of sp³-hybridized carbons (Fsp3) is 0.0625. The van der Waals surface area contributed by atoms with Crippen molar-refractivity contribution in [2.24, 2.45) is 0 Å². The lowest BCUT2D eigenvalue weighted by molar-refractivity contribution is 0.0934. The molecule has 0 heterocycles. The van der Waals surface area contributed by atoms with E-state index in [-0.39, 0.29) is 10.7 Å². The van der Waals surface area contributed by atoms with Crippen LogP contribution in [-0.2, 0) is 0 Å². The van der Waals surface area contributed by atoms with Crippen LogP contribution in [0.15, 0.2) is 42.5 Å². The Morgan fingerprint density at radius 1 is 1.12 bits per heavy atom. The molecule has 0 saturated heterocycles. The first kappa shape index (κ1) is 19.4. The molecule has 0 aliphatic heterocycles. The van der Waals surface area contributed by atoms with Gasteiger partial charge in [-0.25, -0.2) is 0 Å². The summed E-state index contributed by atoms with van der Waals surface area (Å²) in [6.45, 7) is 0. The molecule has 0 spiro atoms. The molecule has 2 rings (SSSR count). The number of halogens is 2. The van der Waals surface area contributed by atoms with Gasteiger partial charge in [0.25, 0.3) is 11.8 Å². The van der Waals surface area contributed by atoms with Gasteiger partial charge in [0.05, 0.1) is 21.3 Å². The van der Waals surface area contributed by atoms with E-state index in [2.05, 4.69) is 38.8 Å². The van der Waals surface area contributed by atoms with Gasteiger partial charge in [-0.2, -0.15) is 0 Å².